The van der Waals surface area contributed by atoms with Gasteiger partial charge in [0.05, 0.1) is 0 Å². The molecule has 0 fully saturated rings. The standard InChI is InChI=1S/C11H12FN3O2/c1-14(6-9(16)17)11-7-4-3-5-8(12)10(7)15(2)13-11/h3-5H,6H2,1-2H3,(H,16,17). The van der Waals surface area contributed by atoms with E-state index in [2.05, 4.69) is 5.10 Å². The number of hydrogen-bond donors (Lipinski definition) is 1. The molecule has 0 radical (unpaired) electrons. The third-order valence-corrected chi connectivity index (χ3v) is 2.53. The van der Waals surface area contributed by atoms with E-state index < -0.39 is 5.97 Å². The van der Waals surface area contributed by atoms with Crippen molar-refractivity contribution in [2.75, 3.05) is 18.5 Å². The molecule has 0 saturated heterocycles. The maximum absolute atomic E-state index is 13.6. The zero-order valence-electron chi connectivity index (χ0n) is 9.51. The Hall–Kier alpha value is -2.11. The summed E-state index contributed by atoms with van der Waals surface area (Å²) in [7, 11) is 3.24. The SMILES string of the molecule is CN(CC(=O)O)c1nn(C)c2c(F)cccc12. The van der Waals surface area contributed by atoms with Gasteiger partial charge in [0, 0.05) is 19.5 Å². The summed E-state index contributed by atoms with van der Waals surface area (Å²) < 4.78 is 15.0. The van der Waals surface area contributed by atoms with Gasteiger partial charge in [0.15, 0.2) is 5.82 Å². The van der Waals surface area contributed by atoms with Crippen LogP contribution in [0, 0.1) is 5.82 Å². The van der Waals surface area contributed by atoms with Crippen molar-refractivity contribution in [3.63, 3.8) is 0 Å². The van der Waals surface area contributed by atoms with Crippen LogP contribution in [0.5, 0.6) is 0 Å². The van der Waals surface area contributed by atoms with Crippen LogP contribution in [0.3, 0.4) is 0 Å². The first-order valence-corrected chi connectivity index (χ1v) is 5.05. The van der Waals surface area contributed by atoms with E-state index in [1.54, 1.807) is 26.2 Å². The quantitative estimate of drug-likeness (QED) is 0.872. The van der Waals surface area contributed by atoms with E-state index in [9.17, 15) is 9.18 Å². The second-order valence-corrected chi connectivity index (χ2v) is 3.83. The van der Waals surface area contributed by atoms with Crippen LogP contribution >= 0.6 is 0 Å². The Bertz CT molecular complexity index is 579. The number of nitrogens with zero attached hydrogens (tertiary/aromatic N) is 3. The molecule has 5 nitrogen and oxygen atoms in total. The van der Waals surface area contributed by atoms with Gasteiger partial charge in [0.25, 0.3) is 0 Å². The summed E-state index contributed by atoms with van der Waals surface area (Å²) in [5.41, 5.74) is 0.375. The summed E-state index contributed by atoms with van der Waals surface area (Å²) in [6.07, 6.45) is 0. The first kappa shape index (κ1) is 11.4. The fourth-order valence-electron chi connectivity index (χ4n) is 1.83. The number of rotatable bonds is 3. The van der Waals surface area contributed by atoms with Crippen LogP contribution in [0.25, 0.3) is 10.9 Å². The highest BCUT2D eigenvalue weighted by molar-refractivity contribution is 5.92. The number of likely N-dealkylation sites (N-methyl/N-ethyl adjacent to an activating group) is 1. The Morgan fingerprint density at radius 1 is 1.59 bits per heavy atom. The third kappa shape index (κ3) is 1.93. The lowest BCUT2D eigenvalue weighted by molar-refractivity contribution is -0.135. The molecule has 0 spiro atoms. The molecular formula is C11H12FN3O2. The highest BCUT2D eigenvalue weighted by Crippen LogP contribution is 2.26. The molecule has 0 bridgehead atoms. The van der Waals surface area contributed by atoms with Crippen LogP contribution in [0.2, 0.25) is 0 Å². The highest BCUT2D eigenvalue weighted by atomic mass is 19.1. The molecule has 0 amide bonds. The number of carboxylic acid groups (broad SMARTS) is 1. The van der Waals surface area contributed by atoms with E-state index in [0.29, 0.717) is 16.7 Å². The number of carbonyl (C=O) groups is 1. The second kappa shape index (κ2) is 4.04. The zero-order valence-corrected chi connectivity index (χ0v) is 9.51. The molecule has 90 valence electrons. The minimum atomic E-state index is -0.956. The average molecular weight is 237 g/mol. The Morgan fingerprint density at radius 3 is 2.94 bits per heavy atom. The lowest BCUT2D eigenvalue weighted by Crippen LogP contribution is -2.25. The van der Waals surface area contributed by atoms with Crippen molar-refractivity contribution in [3.8, 4) is 0 Å². The van der Waals surface area contributed by atoms with Crippen molar-refractivity contribution in [3.05, 3.63) is 24.0 Å². The molecule has 2 aromatic rings. The summed E-state index contributed by atoms with van der Waals surface area (Å²) >= 11 is 0. The minimum absolute atomic E-state index is 0.178. The lowest BCUT2D eigenvalue weighted by atomic mass is 10.2. The first-order chi connectivity index (χ1) is 8.00. The second-order valence-electron chi connectivity index (χ2n) is 3.83. The van der Waals surface area contributed by atoms with E-state index in [0.717, 1.165) is 0 Å². The topological polar surface area (TPSA) is 58.4 Å². The molecular weight excluding hydrogens is 225 g/mol. The maximum atomic E-state index is 13.6. The molecule has 6 heteroatoms. The molecule has 2 rings (SSSR count). The van der Waals surface area contributed by atoms with Crippen molar-refractivity contribution < 1.29 is 14.3 Å². The first-order valence-electron chi connectivity index (χ1n) is 5.05. The number of benzene rings is 1. The monoisotopic (exact) mass is 237 g/mol. The van der Waals surface area contributed by atoms with Gasteiger partial charge in [-0.2, -0.15) is 5.10 Å². The number of para-hydroxylation sites is 1. The van der Waals surface area contributed by atoms with E-state index in [1.807, 2.05) is 0 Å². The number of carboxylic acids is 1. The van der Waals surface area contributed by atoms with E-state index >= 15 is 0 Å². The molecule has 1 heterocycles. The van der Waals surface area contributed by atoms with Gasteiger partial charge in [0.1, 0.15) is 17.9 Å². The van der Waals surface area contributed by atoms with Crippen molar-refractivity contribution in [1.29, 1.82) is 0 Å². The number of aliphatic carboxylic acids is 1. The van der Waals surface area contributed by atoms with Gasteiger partial charge < -0.3 is 10.0 Å². The maximum Gasteiger partial charge on any atom is 0.323 e. The van der Waals surface area contributed by atoms with Crippen molar-refractivity contribution >= 4 is 22.7 Å². The van der Waals surface area contributed by atoms with Crippen LogP contribution in [0.1, 0.15) is 0 Å². The number of anilines is 1. The number of aromatic nitrogens is 2. The highest BCUT2D eigenvalue weighted by Gasteiger charge is 2.16. The fourth-order valence-corrected chi connectivity index (χ4v) is 1.83. The van der Waals surface area contributed by atoms with Gasteiger partial charge in [-0.3, -0.25) is 9.48 Å². The van der Waals surface area contributed by atoms with Crippen LogP contribution in [-0.2, 0) is 11.8 Å². The van der Waals surface area contributed by atoms with Crippen LogP contribution < -0.4 is 4.90 Å². The number of aryl methyl sites for hydroxylation is 1. The summed E-state index contributed by atoms with van der Waals surface area (Å²) in [4.78, 5) is 12.1. The van der Waals surface area contributed by atoms with Crippen molar-refractivity contribution in [2.45, 2.75) is 0 Å². The van der Waals surface area contributed by atoms with E-state index in [1.165, 1.54) is 15.6 Å². The Balaban J connectivity index is 2.56. The minimum Gasteiger partial charge on any atom is -0.480 e. The molecule has 0 unspecified atom stereocenters. The zero-order chi connectivity index (χ0) is 12.6. The summed E-state index contributed by atoms with van der Waals surface area (Å²) in [5.74, 6) is -0.861. The van der Waals surface area contributed by atoms with Crippen LogP contribution in [-0.4, -0.2) is 34.4 Å². The normalized spacial score (nSPS) is 10.8. The Labute approximate surface area is 97.1 Å². The largest absolute Gasteiger partial charge is 0.480 e. The van der Waals surface area contributed by atoms with Gasteiger partial charge in [-0.25, -0.2) is 4.39 Å². The molecule has 0 atom stereocenters. The van der Waals surface area contributed by atoms with Crippen LogP contribution in [0.15, 0.2) is 18.2 Å². The smallest absolute Gasteiger partial charge is 0.323 e. The number of hydrogen-bond acceptors (Lipinski definition) is 3. The van der Waals surface area contributed by atoms with Gasteiger partial charge in [-0.15, -0.1) is 0 Å². The molecule has 1 aromatic heterocycles. The molecule has 17 heavy (non-hydrogen) atoms. The van der Waals surface area contributed by atoms with E-state index in [-0.39, 0.29) is 12.4 Å². The average Bonchev–Trinajstić information content (AvgIpc) is 2.56. The molecule has 0 aliphatic carbocycles. The predicted octanol–water partition coefficient (Wildman–Crippen LogP) is 1.23. The van der Waals surface area contributed by atoms with E-state index in [4.69, 9.17) is 5.11 Å². The molecule has 1 aromatic carbocycles. The summed E-state index contributed by atoms with van der Waals surface area (Å²) in [5, 5.41) is 13.5. The fraction of sp³-hybridized carbons (Fsp3) is 0.273. The Morgan fingerprint density at radius 2 is 2.29 bits per heavy atom. The predicted molar refractivity (Wildman–Crippen MR) is 61.6 cm³/mol. The number of fused-ring (bicyclic) bond motifs is 1. The molecule has 0 aliphatic rings. The Kier molecular flexibility index (Phi) is 2.71. The van der Waals surface area contributed by atoms with Crippen molar-refractivity contribution in [2.24, 2.45) is 7.05 Å². The lowest BCUT2D eigenvalue weighted by Gasteiger charge is -2.13. The number of halogens is 1. The molecule has 1 N–H and O–H groups in total. The summed E-state index contributed by atoms with van der Waals surface area (Å²) in [6.45, 7) is -0.178. The molecule has 0 saturated carbocycles. The van der Waals surface area contributed by atoms with Gasteiger partial charge in [0.2, 0.25) is 0 Å². The van der Waals surface area contributed by atoms with Gasteiger partial charge in [-0.05, 0) is 12.1 Å². The third-order valence-electron chi connectivity index (χ3n) is 2.53. The van der Waals surface area contributed by atoms with Crippen molar-refractivity contribution in [1.82, 2.24) is 9.78 Å². The van der Waals surface area contributed by atoms with Crippen LogP contribution in [0.4, 0.5) is 10.2 Å². The molecule has 0 aliphatic heterocycles. The van der Waals surface area contributed by atoms with Gasteiger partial charge >= 0.3 is 5.97 Å². The summed E-state index contributed by atoms with van der Waals surface area (Å²) in [6, 6.07) is 4.65. The van der Waals surface area contributed by atoms with Gasteiger partial charge in [-0.1, -0.05) is 6.07 Å².